The average molecular weight is 184 g/mol. The zero-order valence-electron chi connectivity index (χ0n) is 6.24. The Morgan fingerprint density at radius 3 is 2.36 bits per heavy atom. The number of hydrogen-bond acceptors (Lipinski definition) is 3. The van der Waals surface area contributed by atoms with Gasteiger partial charge in [-0.15, -0.1) is 0 Å². The van der Waals surface area contributed by atoms with Gasteiger partial charge in [-0.1, -0.05) is 0 Å². The zero-order chi connectivity index (χ0) is 7.98. The van der Waals surface area contributed by atoms with Crippen LogP contribution in [0.3, 0.4) is 0 Å². The third-order valence-electron chi connectivity index (χ3n) is 0.649. The van der Waals surface area contributed by atoms with Gasteiger partial charge in [0, 0.05) is 12.2 Å². The summed E-state index contributed by atoms with van der Waals surface area (Å²) >= 11 is 0. The first-order valence-electron chi connectivity index (χ1n) is 2.74. The molecule has 0 radical (unpaired) electrons. The van der Waals surface area contributed by atoms with E-state index in [0.29, 0.717) is 0 Å². The van der Waals surface area contributed by atoms with Crippen molar-refractivity contribution in [2.45, 2.75) is 6.92 Å². The molecule has 0 aromatic carbocycles. The fraction of sp³-hybridized carbons (Fsp3) is 0.333. The number of carboxylic acid groups (broad SMARTS) is 1. The minimum absolute atomic E-state index is 0. The van der Waals surface area contributed by atoms with Gasteiger partial charge in [0.1, 0.15) is 0 Å². The van der Waals surface area contributed by atoms with Crippen LogP contribution in [0.5, 0.6) is 0 Å². The van der Waals surface area contributed by atoms with Crippen LogP contribution in [0.4, 0.5) is 0 Å². The molecule has 0 spiro atoms. The summed E-state index contributed by atoms with van der Waals surface area (Å²) in [5.41, 5.74) is 0. The molecule has 0 rings (SSSR count). The maximum Gasteiger partial charge on any atom is 2.00 e. The summed E-state index contributed by atoms with van der Waals surface area (Å²) in [6, 6.07) is 0. The summed E-state index contributed by atoms with van der Waals surface area (Å²) in [6.07, 6.45) is 1.60. The fourth-order valence-electron chi connectivity index (χ4n) is 0.330. The molecule has 0 aliphatic rings. The average Bonchev–Trinajstić information content (AvgIpc) is 1.85. The van der Waals surface area contributed by atoms with Crippen LogP contribution in [0.25, 0.3) is 0 Å². The number of ether oxygens (including phenoxy) is 1. The number of carboxylic acids is 1. The molecule has 0 saturated carbocycles. The van der Waals surface area contributed by atoms with Crippen LogP contribution in [0.2, 0.25) is 0 Å². The van der Waals surface area contributed by atoms with Crippen molar-refractivity contribution in [1.82, 2.24) is 0 Å². The van der Waals surface area contributed by atoms with Gasteiger partial charge in [0.05, 0.1) is 6.61 Å². The van der Waals surface area contributed by atoms with Gasteiger partial charge in [0.25, 0.3) is 0 Å². The fourth-order valence-corrected chi connectivity index (χ4v) is 0.330. The Kier molecular flexibility index (Phi) is 9.89. The van der Waals surface area contributed by atoms with E-state index < -0.39 is 11.9 Å². The topological polar surface area (TPSA) is 63.6 Å². The summed E-state index contributed by atoms with van der Waals surface area (Å²) in [7, 11) is 0. The Labute approximate surface area is 94.2 Å². The Morgan fingerprint density at radius 2 is 2.00 bits per heavy atom. The van der Waals surface area contributed by atoms with Crippen LogP contribution in [-0.4, -0.2) is 61.4 Å². The number of carbonyl (C=O) groups excluding carboxylic acids is 1. The van der Waals surface area contributed by atoms with Crippen LogP contribution in [0.1, 0.15) is 6.92 Å². The molecule has 1 N–H and O–H groups in total. The molecule has 0 atom stereocenters. The van der Waals surface area contributed by atoms with Gasteiger partial charge in [0.2, 0.25) is 0 Å². The number of aliphatic carboxylic acids is 1. The second-order valence-corrected chi connectivity index (χ2v) is 1.42. The van der Waals surface area contributed by atoms with Crippen molar-refractivity contribution in [3.63, 3.8) is 0 Å². The van der Waals surface area contributed by atoms with E-state index in [4.69, 9.17) is 5.11 Å². The summed E-state index contributed by atoms with van der Waals surface area (Å²) in [5, 5.41) is 8.04. The quantitative estimate of drug-likeness (QED) is 0.375. The molecule has 0 heterocycles. The molecule has 5 heteroatoms. The van der Waals surface area contributed by atoms with Crippen molar-refractivity contribution in [2.75, 3.05) is 6.61 Å². The van der Waals surface area contributed by atoms with Crippen molar-refractivity contribution in [2.24, 2.45) is 0 Å². The standard InChI is InChI=1S/C6H8O4.Ca/c1-2-10-6(9)4-3-5(7)8;/h3-4H,2H2,1H3,(H,7,8);/q;+2/b4-3+;. The van der Waals surface area contributed by atoms with Crippen LogP contribution in [0.15, 0.2) is 12.2 Å². The molecule has 0 unspecified atom stereocenters. The van der Waals surface area contributed by atoms with Crippen LogP contribution in [0, 0.1) is 0 Å². The van der Waals surface area contributed by atoms with Crippen LogP contribution >= 0.6 is 0 Å². The number of hydrogen-bond donors (Lipinski definition) is 1. The van der Waals surface area contributed by atoms with Crippen molar-refractivity contribution < 1.29 is 19.4 Å². The maximum absolute atomic E-state index is 10.4. The van der Waals surface area contributed by atoms with E-state index in [2.05, 4.69) is 4.74 Å². The van der Waals surface area contributed by atoms with Crippen molar-refractivity contribution >= 4 is 49.7 Å². The smallest absolute Gasteiger partial charge is 0.478 e. The van der Waals surface area contributed by atoms with E-state index >= 15 is 0 Å². The predicted molar refractivity (Wildman–Crippen MR) is 39.2 cm³/mol. The van der Waals surface area contributed by atoms with Crippen molar-refractivity contribution in [1.29, 1.82) is 0 Å². The molecule has 0 aromatic heterocycles. The summed E-state index contributed by atoms with van der Waals surface area (Å²) < 4.78 is 4.40. The molecule has 4 nitrogen and oxygen atoms in total. The van der Waals surface area contributed by atoms with Gasteiger partial charge in [-0.2, -0.15) is 0 Å². The molecule has 0 aromatic rings. The van der Waals surface area contributed by atoms with Gasteiger partial charge in [-0.3, -0.25) is 0 Å². The number of rotatable bonds is 3. The third-order valence-corrected chi connectivity index (χ3v) is 0.649. The summed E-state index contributed by atoms with van der Waals surface area (Å²) in [6.45, 7) is 1.90. The zero-order valence-corrected chi connectivity index (χ0v) is 8.45. The van der Waals surface area contributed by atoms with Crippen molar-refractivity contribution in [3.8, 4) is 0 Å². The molecule has 0 aliphatic heterocycles. The van der Waals surface area contributed by atoms with Gasteiger partial charge >= 0.3 is 49.7 Å². The molecule has 0 saturated heterocycles. The molecular weight excluding hydrogens is 176 g/mol. The first kappa shape index (κ1) is 13.5. The first-order chi connectivity index (χ1) is 4.66. The van der Waals surface area contributed by atoms with E-state index in [1.807, 2.05) is 0 Å². The Morgan fingerprint density at radius 1 is 1.45 bits per heavy atom. The second kappa shape index (κ2) is 8.04. The van der Waals surface area contributed by atoms with Gasteiger partial charge < -0.3 is 9.84 Å². The molecular formula is C6H8CaO4+2. The molecule has 56 valence electrons. The van der Waals surface area contributed by atoms with Crippen molar-refractivity contribution in [3.05, 3.63) is 12.2 Å². The predicted octanol–water partition coefficient (Wildman–Crippen LogP) is -0.190. The minimum Gasteiger partial charge on any atom is -0.478 e. The summed E-state index contributed by atoms with van der Waals surface area (Å²) in [4.78, 5) is 20.2. The van der Waals surface area contributed by atoms with E-state index in [1.165, 1.54) is 0 Å². The number of carbonyl (C=O) groups is 2. The van der Waals surface area contributed by atoms with Gasteiger partial charge in [-0.25, -0.2) is 9.59 Å². The largest absolute Gasteiger partial charge is 2.00 e. The Bertz CT molecular complexity index is 164. The molecule has 0 bridgehead atoms. The van der Waals surface area contributed by atoms with E-state index in [9.17, 15) is 9.59 Å². The summed E-state index contributed by atoms with van der Waals surface area (Å²) in [5.74, 6) is -1.79. The Hall–Kier alpha value is -0.0603. The third kappa shape index (κ3) is 9.94. The first-order valence-corrected chi connectivity index (χ1v) is 2.74. The molecule has 0 fully saturated rings. The Balaban J connectivity index is 0. The van der Waals surface area contributed by atoms with Crippen LogP contribution < -0.4 is 0 Å². The second-order valence-electron chi connectivity index (χ2n) is 1.42. The minimum atomic E-state index is -1.16. The van der Waals surface area contributed by atoms with Gasteiger partial charge in [-0.05, 0) is 6.92 Å². The number of esters is 1. The van der Waals surface area contributed by atoms with Gasteiger partial charge in [0.15, 0.2) is 0 Å². The van der Waals surface area contributed by atoms with E-state index in [0.717, 1.165) is 12.2 Å². The van der Waals surface area contributed by atoms with Crippen LogP contribution in [-0.2, 0) is 14.3 Å². The monoisotopic (exact) mass is 184 g/mol. The maximum atomic E-state index is 10.4. The van der Waals surface area contributed by atoms with E-state index in [1.54, 1.807) is 6.92 Å². The molecule has 0 aliphatic carbocycles. The molecule has 0 amide bonds. The van der Waals surface area contributed by atoms with E-state index in [-0.39, 0.29) is 44.3 Å². The normalized spacial score (nSPS) is 8.82. The SMILES string of the molecule is CCOC(=O)/C=C/C(=O)O.[Ca+2]. The molecule has 11 heavy (non-hydrogen) atoms.